The summed E-state index contributed by atoms with van der Waals surface area (Å²) >= 11 is 0. The number of hydrogen-bond donors (Lipinski definition) is 2. The standard InChI is InChI=1S/C19H23N3O3/c1-3-12(2)22-18(14-6-7-14)16(11-20-22)19(25)21-15-8-4-13(5-9-15)10-17(23)24/h4-5,8-9,11-12,14H,3,6-7,10H2,1-2H3,(H,21,25)(H,23,24). The minimum absolute atomic E-state index is 0.0261. The summed E-state index contributed by atoms with van der Waals surface area (Å²) < 4.78 is 1.99. The molecule has 1 saturated carbocycles. The molecule has 2 N–H and O–H groups in total. The molecule has 2 aromatic rings. The molecule has 1 heterocycles. The summed E-state index contributed by atoms with van der Waals surface area (Å²) in [5.74, 6) is -0.610. The van der Waals surface area contributed by atoms with Crippen LogP contribution < -0.4 is 5.32 Å². The van der Waals surface area contributed by atoms with Gasteiger partial charge < -0.3 is 10.4 Å². The summed E-state index contributed by atoms with van der Waals surface area (Å²) in [6.07, 6.45) is 4.81. The first kappa shape index (κ1) is 17.2. The summed E-state index contributed by atoms with van der Waals surface area (Å²) in [7, 11) is 0. The predicted molar refractivity (Wildman–Crippen MR) is 94.9 cm³/mol. The molecule has 0 spiro atoms. The third kappa shape index (κ3) is 3.90. The van der Waals surface area contributed by atoms with Gasteiger partial charge in [-0.3, -0.25) is 14.3 Å². The van der Waals surface area contributed by atoms with E-state index in [1.54, 1.807) is 30.5 Å². The molecule has 1 aliphatic rings. The molecule has 1 fully saturated rings. The summed E-state index contributed by atoms with van der Waals surface area (Å²) in [6.45, 7) is 4.23. The highest BCUT2D eigenvalue weighted by Crippen LogP contribution is 2.42. The van der Waals surface area contributed by atoms with E-state index < -0.39 is 5.97 Å². The molecule has 0 saturated heterocycles. The van der Waals surface area contributed by atoms with Gasteiger partial charge in [-0.2, -0.15) is 5.10 Å². The van der Waals surface area contributed by atoms with E-state index in [1.807, 2.05) is 4.68 Å². The lowest BCUT2D eigenvalue weighted by atomic mass is 10.1. The van der Waals surface area contributed by atoms with Crippen molar-refractivity contribution in [2.45, 2.75) is 51.5 Å². The summed E-state index contributed by atoms with van der Waals surface area (Å²) in [5, 5.41) is 16.1. The molecule has 1 atom stereocenters. The van der Waals surface area contributed by atoms with Crippen LogP contribution in [0.1, 0.15) is 66.7 Å². The Kier molecular flexibility index (Phi) is 4.88. The lowest BCUT2D eigenvalue weighted by Crippen LogP contribution is -2.16. The summed E-state index contributed by atoms with van der Waals surface area (Å²) in [6, 6.07) is 7.16. The van der Waals surface area contributed by atoms with Crippen molar-refractivity contribution in [2.75, 3.05) is 5.32 Å². The Hall–Kier alpha value is -2.63. The van der Waals surface area contributed by atoms with Gasteiger partial charge in [0.15, 0.2) is 0 Å². The highest BCUT2D eigenvalue weighted by molar-refractivity contribution is 6.05. The lowest BCUT2D eigenvalue weighted by Gasteiger charge is -2.14. The second kappa shape index (κ2) is 7.09. The molecule has 132 valence electrons. The zero-order valence-electron chi connectivity index (χ0n) is 14.5. The average molecular weight is 341 g/mol. The van der Waals surface area contributed by atoms with E-state index in [0.29, 0.717) is 22.7 Å². The topological polar surface area (TPSA) is 84.2 Å². The molecule has 3 rings (SSSR count). The molecular formula is C19H23N3O3. The van der Waals surface area contributed by atoms with Crippen molar-refractivity contribution in [2.24, 2.45) is 0 Å². The molecule has 1 unspecified atom stereocenters. The zero-order valence-corrected chi connectivity index (χ0v) is 14.5. The van der Waals surface area contributed by atoms with Crippen molar-refractivity contribution in [1.82, 2.24) is 9.78 Å². The quantitative estimate of drug-likeness (QED) is 0.806. The van der Waals surface area contributed by atoms with Gasteiger partial charge in [-0.15, -0.1) is 0 Å². The zero-order chi connectivity index (χ0) is 18.0. The Morgan fingerprint density at radius 2 is 2.00 bits per heavy atom. The van der Waals surface area contributed by atoms with Gasteiger partial charge in [0.1, 0.15) is 0 Å². The fourth-order valence-electron chi connectivity index (χ4n) is 2.91. The number of aliphatic carboxylic acids is 1. The fourth-order valence-corrected chi connectivity index (χ4v) is 2.91. The maximum atomic E-state index is 12.7. The van der Waals surface area contributed by atoms with Crippen molar-refractivity contribution >= 4 is 17.6 Å². The Balaban J connectivity index is 1.77. The number of carboxylic acids is 1. The number of carbonyl (C=O) groups excluding carboxylic acids is 1. The van der Waals surface area contributed by atoms with Crippen LogP contribution in [-0.2, 0) is 11.2 Å². The molecule has 1 aromatic carbocycles. The van der Waals surface area contributed by atoms with Gasteiger partial charge in [-0.25, -0.2) is 0 Å². The first-order valence-corrected chi connectivity index (χ1v) is 8.69. The number of aromatic nitrogens is 2. The molecule has 0 radical (unpaired) electrons. The van der Waals surface area contributed by atoms with Crippen LogP contribution in [0.5, 0.6) is 0 Å². The van der Waals surface area contributed by atoms with Gasteiger partial charge >= 0.3 is 5.97 Å². The van der Waals surface area contributed by atoms with Gasteiger partial charge in [0.05, 0.1) is 23.9 Å². The smallest absolute Gasteiger partial charge is 0.307 e. The number of nitrogens with one attached hydrogen (secondary N) is 1. The second-order valence-corrected chi connectivity index (χ2v) is 6.64. The second-order valence-electron chi connectivity index (χ2n) is 6.64. The third-order valence-corrected chi connectivity index (χ3v) is 4.62. The number of carbonyl (C=O) groups is 2. The van der Waals surface area contributed by atoms with Crippen molar-refractivity contribution in [3.63, 3.8) is 0 Å². The van der Waals surface area contributed by atoms with E-state index in [2.05, 4.69) is 24.3 Å². The predicted octanol–water partition coefficient (Wildman–Crippen LogP) is 3.61. The van der Waals surface area contributed by atoms with Gasteiger partial charge in [-0.05, 0) is 43.9 Å². The minimum atomic E-state index is -0.872. The van der Waals surface area contributed by atoms with E-state index in [0.717, 1.165) is 25.0 Å². The average Bonchev–Trinajstić information content (AvgIpc) is 3.33. The molecule has 6 heteroatoms. The number of anilines is 1. The van der Waals surface area contributed by atoms with Crippen LogP contribution in [0.15, 0.2) is 30.5 Å². The molecule has 6 nitrogen and oxygen atoms in total. The van der Waals surface area contributed by atoms with Crippen LogP contribution in [0.3, 0.4) is 0 Å². The third-order valence-electron chi connectivity index (χ3n) is 4.62. The lowest BCUT2D eigenvalue weighted by molar-refractivity contribution is -0.136. The van der Waals surface area contributed by atoms with Gasteiger partial charge in [-0.1, -0.05) is 19.1 Å². The molecule has 25 heavy (non-hydrogen) atoms. The Labute approximate surface area is 146 Å². The first-order chi connectivity index (χ1) is 12.0. The number of rotatable bonds is 7. The summed E-state index contributed by atoms with van der Waals surface area (Å²) in [5.41, 5.74) is 3.03. The van der Waals surface area contributed by atoms with Gasteiger partial charge in [0.2, 0.25) is 0 Å². The van der Waals surface area contributed by atoms with E-state index >= 15 is 0 Å². The molecule has 1 amide bonds. The van der Waals surface area contributed by atoms with Crippen molar-refractivity contribution in [1.29, 1.82) is 0 Å². The maximum Gasteiger partial charge on any atom is 0.307 e. The first-order valence-electron chi connectivity index (χ1n) is 8.69. The number of benzene rings is 1. The van der Waals surface area contributed by atoms with E-state index in [-0.39, 0.29) is 18.4 Å². The normalized spacial score (nSPS) is 15.0. The number of hydrogen-bond acceptors (Lipinski definition) is 3. The van der Waals surface area contributed by atoms with Crippen LogP contribution in [0.2, 0.25) is 0 Å². The van der Waals surface area contributed by atoms with E-state index in [9.17, 15) is 9.59 Å². The van der Waals surface area contributed by atoms with E-state index in [4.69, 9.17) is 5.11 Å². The van der Waals surface area contributed by atoms with Crippen molar-refractivity contribution in [3.8, 4) is 0 Å². The van der Waals surface area contributed by atoms with Crippen LogP contribution in [0, 0.1) is 0 Å². The minimum Gasteiger partial charge on any atom is -0.481 e. The Bertz CT molecular complexity index is 776. The molecule has 1 aromatic heterocycles. The van der Waals surface area contributed by atoms with Crippen LogP contribution in [-0.4, -0.2) is 26.8 Å². The molecule has 0 bridgehead atoms. The SMILES string of the molecule is CCC(C)n1ncc(C(=O)Nc2ccc(CC(=O)O)cc2)c1C1CC1. The summed E-state index contributed by atoms with van der Waals surface area (Å²) in [4.78, 5) is 23.4. The van der Waals surface area contributed by atoms with Gasteiger partial charge in [0, 0.05) is 17.6 Å². The molecule has 1 aliphatic carbocycles. The van der Waals surface area contributed by atoms with Crippen molar-refractivity contribution in [3.05, 3.63) is 47.3 Å². The highest BCUT2D eigenvalue weighted by Gasteiger charge is 2.33. The van der Waals surface area contributed by atoms with Crippen LogP contribution in [0.25, 0.3) is 0 Å². The van der Waals surface area contributed by atoms with Crippen LogP contribution in [0.4, 0.5) is 5.69 Å². The van der Waals surface area contributed by atoms with Crippen molar-refractivity contribution < 1.29 is 14.7 Å². The largest absolute Gasteiger partial charge is 0.481 e. The Morgan fingerprint density at radius 3 is 2.56 bits per heavy atom. The number of amides is 1. The monoisotopic (exact) mass is 341 g/mol. The highest BCUT2D eigenvalue weighted by atomic mass is 16.4. The number of carboxylic acid groups (broad SMARTS) is 1. The molecule has 0 aliphatic heterocycles. The Morgan fingerprint density at radius 1 is 1.32 bits per heavy atom. The van der Waals surface area contributed by atoms with E-state index in [1.165, 1.54) is 0 Å². The molecular weight excluding hydrogens is 318 g/mol. The maximum absolute atomic E-state index is 12.7. The fraction of sp³-hybridized carbons (Fsp3) is 0.421. The van der Waals surface area contributed by atoms with Gasteiger partial charge in [0.25, 0.3) is 5.91 Å². The number of nitrogens with zero attached hydrogens (tertiary/aromatic N) is 2. The van der Waals surface area contributed by atoms with Crippen LogP contribution >= 0.6 is 0 Å².